The smallest absolute Gasteiger partial charge is 0.249 e. The largest absolute Gasteiger partial charge is 0.341 e. The van der Waals surface area contributed by atoms with Crippen LogP contribution in [-0.2, 0) is 11.2 Å². The number of hydrogen-bond donors (Lipinski definition) is 0. The highest BCUT2D eigenvalue weighted by atomic mass is 19.3. The number of rotatable bonds is 2. The molecule has 1 aromatic rings. The van der Waals surface area contributed by atoms with E-state index in [9.17, 15) is 13.6 Å². The first-order chi connectivity index (χ1) is 12.0. The summed E-state index contributed by atoms with van der Waals surface area (Å²) in [6.45, 7) is 3.30. The number of likely N-dealkylation sites (tertiary alicyclic amines) is 1. The molecular formula is C18H22F2N4O. The van der Waals surface area contributed by atoms with E-state index in [1.807, 2.05) is 6.20 Å². The summed E-state index contributed by atoms with van der Waals surface area (Å²) in [7, 11) is 0. The quantitative estimate of drug-likeness (QED) is 0.822. The lowest BCUT2D eigenvalue weighted by atomic mass is 9.80. The fraction of sp³-hybridized carbons (Fsp3) is 0.722. The predicted molar refractivity (Wildman–Crippen MR) is 87.7 cm³/mol. The van der Waals surface area contributed by atoms with Gasteiger partial charge in [-0.25, -0.2) is 18.7 Å². The van der Waals surface area contributed by atoms with Crippen molar-refractivity contribution in [1.29, 1.82) is 0 Å². The Morgan fingerprint density at radius 1 is 1.20 bits per heavy atom. The number of anilines is 1. The molecule has 0 spiro atoms. The van der Waals surface area contributed by atoms with Gasteiger partial charge in [0.2, 0.25) is 17.8 Å². The second-order valence-corrected chi connectivity index (χ2v) is 8.05. The van der Waals surface area contributed by atoms with Crippen molar-refractivity contribution in [3.63, 3.8) is 0 Å². The van der Waals surface area contributed by atoms with E-state index in [1.165, 1.54) is 18.4 Å². The van der Waals surface area contributed by atoms with Crippen LogP contribution in [0.3, 0.4) is 0 Å². The molecule has 4 aliphatic rings. The number of alkyl halides is 2. The van der Waals surface area contributed by atoms with Crippen LogP contribution in [0.15, 0.2) is 6.20 Å². The van der Waals surface area contributed by atoms with Crippen molar-refractivity contribution in [2.24, 2.45) is 11.8 Å². The Hall–Kier alpha value is -1.79. The molecule has 0 aromatic carbocycles. The molecule has 0 N–H and O–H groups in total. The van der Waals surface area contributed by atoms with Gasteiger partial charge in [0, 0.05) is 57.1 Å². The van der Waals surface area contributed by atoms with Gasteiger partial charge in [0.15, 0.2) is 0 Å². The fourth-order valence-corrected chi connectivity index (χ4v) is 4.90. The maximum atomic E-state index is 13.1. The summed E-state index contributed by atoms with van der Waals surface area (Å²) >= 11 is 0. The second-order valence-electron chi connectivity index (χ2n) is 8.05. The Labute approximate surface area is 145 Å². The van der Waals surface area contributed by atoms with Gasteiger partial charge in [-0.2, -0.15) is 0 Å². The lowest BCUT2D eigenvalue weighted by molar-refractivity contribution is -0.159. The third kappa shape index (κ3) is 2.50. The molecule has 3 fully saturated rings. The molecule has 1 aromatic heterocycles. The van der Waals surface area contributed by atoms with E-state index in [0.717, 1.165) is 31.2 Å². The minimum Gasteiger partial charge on any atom is -0.341 e. The molecule has 2 aliphatic carbocycles. The number of carbonyl (C=O) groups excluding carboxylic acids is 1. The van der Waals surface area contributed by atoms with Crippen LogP contribution in [0.4, 0.5) is 14.7 Å². The highest BCUT2D eigenvalue weighted by molar-refractivity contribution is 5.80. The Morgan fingerprint density at radius 3 is 2.68 bits per heavy atom. The van der Waals surface area contributed by atoms with Crippen molar-refractivity contribution < 1.29 is 13.6 Å². The molecule has 2 aliphatic heterocycles. The van der Waals surface area contributed by atoms with Crippen LogP contribution in [0.25, 0.3) is 0 Å². The van der Waals surface area contributed by atoms with Gasteiger partial charge in [0.1, 0.15) is 0 Å². The van der Waals surface area contributed by atoms with Gasteiger partial charge in [-0.05, 0) is 30.7 Å². The van der Waals surface area contributed by atoms with Gasteiger partial charge in [-0.1, -0.05) is 0 Å². The van der Waals surface area contributed by atoms with Crippen molar-refractivity contribution >= 4 is 11.9 Å². The van der Waals surface area contributed by atoms with Crippen LogP contribution in [-0.4, -0.2) is 52.9 Å². The molecule has 3 heterocycles. The highest BCUT2D eigenvalue weighted by Crippen LogP contribution is 2.46. The Balaban J connectivity index is 1.32. The Bertz CT molecular complexity index is 711. The van der Waals surface area contributed by atoms with Crippen molar-refractivity contribution in [3.05, 3.63) is 17.5 Å². The van der Waals surface area contributed by atoms with Crippen molar-refractivity contribution in [2.45, 2.75) is 43.9 Å². The van der Waals surface area contributed by atoms with Gasteiger partial charge in [-0.15, -0.1) is 0 Å². The maximum Gasteiger partial charge on any atom is 0.249 e. The first kappa shape index (κ1) is 15.5. The molecule has 5 rings (SSSR count). The molecule has 7 heteroatoms. The average Bonchev–Trinajstić information content (AvgIpc) is 3.26. The van der Waals surface area contributed by atoms with E-state index in [2.05, 4.69) is 9.88 Å². The molecular weight excluding hydrogens is 326 g/mol. The Morgan fingerprint density at radius 2 is 1.96 bits per heavy atom. The van der Waals surface area contributed by atoms with Crippen LogP contribution in [0.1, 0.15) is 42.9 Å². The van der Waals surface area contributed by atoms with Gasteiger partial charge in [-0.3, -0.25) is 4.79 Å². The number of carbonyl (C=O) groups is 1. The number of fused-ring (bicyclic) bond motifs is 3. The molecule has 134 valence electrons. The molecule has 0 bridgehead atoms. The zero-order chi connectivity index (χ0) is 17.2. The second kappa shape index (κ2) is 5.35. The van der Waals surface area contributed by atoms with Gasteiger partial charge in [0.25, 0.3) is 0 Å². The molecule has 5 nitrogen and oxygen atoms in total. The molecule has 1 amide bonds. The first-order valence-electron chi connectivity index (χ1n) is 9.27. The highest BCUT2D eigenvalue weighted by Gasteiger charge is 2.52. The number of amides is 1. The summed E-state index contributed by atoms with van der Waals surface area (Å²) in [4.78, 5) is 25.9. The molecule has 2 saturated heterocycles. The molecule has 2 atom stereocenters. The molecule has 2 unspecified atom stereocenters. The third-order valence-corrected chi connectivity index (χ3v) is 6.30. The molecule has 1 saturated carbocycles. The zero-order valence-corrected chi connectivity index (χ0v) is 14.1. The van der Waals surface area contributed by atoms with Crippen LogP contribution in [0.5, 0.6) is 0 Å². The summed E-state index contributed by atoms with van der Waals surface area (Å²) in [6, 6.07) is 0. The van der Waals surface area contributed by atoms with E-state index in [0.29, 0.717) is 19.0 Å². The summed E-state index contributed by atoms with van der Waals surface area (Å²) in [6.07, 6.45) is 4.64. The third-order valence-electron chi connectivity index (χ3n) is 6.30. The van der Waals surface area contributed by atoms with E-state index in [4.69, 9.17) is 4.98 Å². The van der Waals surface area contributed by atoms with Crippen molar-refractivity contribution in [3.8, 4) is 0 Å². The minimum atomic E-state index is -2.64. The zero-order valence-electron chi connectivity index (χ0n) is 14.1. The van der Waals surface area contributed by atoms with E-state index < -0.39 is 11.8 Å². The number of hydrogen-bond acceptors (Lipinski definition) is 4. The summed E-state index contributed by atoms with van der Waals surface area (Å²) < 4.78 is 26.1. The first-order valence-corrected chi connectivity index (χ1v) is 9.27. The monoisotopic (exact) mass is 348 g/mol. The van der Waals surface area contributed by atoms with Crippen molar-refractivity contribution in [2.75, 3.05) is 31.1 Å². The fourth-order valence-electron chi connectivity index (χ4n) is 4.90. The maximum absolute atomic E-state index is 13.1. The molecule has 0 radical (unpaired) electrons. The van der Waals surface area contributed by atoms with Crippen LogP contribution >= 0.6 is 0 Å². The van der Waals surface area contributed by atoms with Crippen molar-refractivity contribution in [1.82, 2.24) is 14.9 Å². The van der Waals surface area contributed by atoms with Crippen LogP contribution in [0.2, 0.25) is 0 Å². The summed E-state index contributed by atoms with van der Waals surface area (Å²) in [5, 5.41) is 0. The topological polar surface area (TPSA) is 49.3 Å². The number of aromatic nitrogens is 2. The van der Waals surface area contributed by atoms with Crippen LogP contribution < -0.4 is 4.90 Å². The van der Waals surface area contributed by atoms with E-state index in [-0.39, 0.29) is 24.7 Å². The van der Waals surface area contributed by atoms with Gasteiger partial charge >= 0.3 is 0 Å². The number of nitrogens with zero attached hydrogens (tertiary/aromatic N) is 4. The van der Waals surface area contributed by atoms with E-state index in [1.54, 1.807) is 4.90 Å². The lowest BCUT2D eigenvalue weighted by Gasteiger charge is -2.36. The van der Waals surface area contributed by atoms with E-state index >= 15 is 0 Å². The SMILES string of the molecule is O=C(C1CC(F)(F)C1)N1CC2Cc3cnc(N4CCCC4)nc3C2C1. The van der Waals surface area contributed by atoms with Crippen LogP contribution in [0, 0.1) is 11.8 Å². The van der Waals surface area contributed by atoms with Gasteiger partial charge < -0.3 is 9.80 Å². The minimum absolute atomic E-state index is 0.0873. The normalized spacial score (nSPS) is 30.3. The summed E-state index contributed by atoms with van der Waals surface area (Å²) in [5.41, 5.74) is 2.27. The van der Waals surface area contributed by atoms with Gasteiger partial charge in [0.05, 0.1) is 5.69 Å². The summed E-state index contributed by atoms with van der Waals surface area (Å²) in [5.74, 6) is -1.80. The molecule has 25 heavy (non-hydrogen) atoms. The standard InChI is InChI=1S/C18H22F2N4O/c19-18(20)6-13(7-18)16(25)24-9-12-5-11-8-21-17(23-3-1-2-4-23)22-15(11)14(12)10-24/h8,12-14H,1-7,9-10H2. The average molecular weight is 348 g/mol. The lowest BCUT2D eigenvalue weighted by Crippen LogP contribution is -2.46. The predicted octanol–water partition coefficient (Wildman–Crippen LogP) is 2.22. The Kier molecular flexibility index (Phi) is 3.31. The number of halogens is 2.